The Morgan fingerprint density at radius 1 is 1.50 bits per heavy atom. The Hall–Kier alpha value is -1.63. The van der Waals surface area contributed by atoms with Crippen LogP contribution in [0.15, 0.2) is 16.6 Å². The summed E-state index contributed by atoms with van der Waals surface area (Å²) in [5.74, 6) is -2.14. The Morgan fingerprint density at radius 2 is 2.10 bits per heavy atom. The predicted molar refractivity (Wildman–Crippen MR) is 77.3 cm³/mol. The van der Waals surface area contributed by atoms with Crippen molar-refractivity contribution >= 4 is 33.6 Å². The van der Waals surface area contributed by atoms with E-state index in [1.54, 1.807) is 13.0 Å². The topological polar surface area (TPSA) is 69.6 Å². The summed E-state index contributed by atoms with van der Waals surface area (Å²) in [6.45, 7) is 3.31. The molecule has 1 aromatic rings. The van der Waals surface area contributed by atoms with E-state index < -0.39 is 23.7 Å². The number of aliphatic carboxylic acids is 1. The quantitative estimate of drug-likeness (QED) is 0.879. The molecule has 0 heterocycles. The maximum atomic E-state index is 13.4. The smallest absolute Gasteiger partial charge is 0.321 e. The lowest BCUT2D eigenvalue weighted by atomic mass is 10.2. The van der Waals surface area contributed by atoms with E-state index in [0.29, 0.717) is 11.3 Å². The number of anilines is 1. The minimum Gasteiger partial charge on any atom is -0.481 e. The van der Waals surface area contributed by atoms with Gasteiger partial charge in [-0.15, -0.1) is 0 Å². The van der Waals surface area contributed by atoms with Gasteiger partial charge in [0.15, 0.2) is 0 Å². The molecule has 0 aliphatic rings. The van der Waals surface area contributed by atoms with E-state index in [1.165, 1.54) is 24.9 Å². The van der Waals surface area contributed by atoms with Crippen LogP contribution in [0.3, 0.4) is 0 Å². The SMILES string of the molecule is Cc1ccc(F)c(Br)c1NC(=O)N(C)CC(C)C(=O)O. The molecular weight excluding hydrogens is 331 g/mol. The van der Waals surface area contributed by atoms with E-state index in [4.69, 9.17) is 5.11 Å². The molecule has 0 saturated carbocycles. The molecule has 0 aliphatic carbocycles. The van der Waals surface area contributed by atoms with E-state index in [-0.39, 0.29) is 11.0 Å². The highest BCUT2D eigenvalue weighted by molar-refractivity contribution is 9.10. The van der Waals surface area contributed by atoms with E-state index in [2.05, 4.69) is 21.2 Å². The zero-order valence-electron chi connectivity index (χ0n) is 11.4. The fraction of sp³-hybridized carbons (Fsp3) is 0.385. The Morgan fingerprint density at radius 3 is 2.65 bits per heavy atom. The van der Waals surface area contributed by atoms with Crippen LogP contribution in [-0.4, -0.2) is 35.6 Å². The van der Waals surface area contributed by atoms with Gasteiger partial charge in [-0.25, -0.2) is 9.18 Å². The summed E-state index contributed by atoms with van der Waals surface area (Å²) in [5, 5.41) is 11.4. The lowest BCUT2D eigenvalue weighted by molar-refractivity contribution is -0.141. The molecule has 0 aliphatic heterocycles. The van der Waals surface area contributed by atoms with Crippen molar-refractivity contribution < 1.29 is 19.1 Å². The zero-order chi connectivity index (χ0) is 15.4. The van der Waals surface area contributed by atoms with E-state index in [9.17, 15) is 14.0 Å². The minimum absolute atomic E-state index is 0.0626. The Labute approximate surface area is 124 Å². The fourth-order valence-electron chi connectivity index (χ4n) is 1.57. The largest absolute Gasteiger partial charge is 0.481 e. The lowest BCUT2D eigenvalue weighted by Gasteiger charge is -2.21. The van der Waals surface area contributed by atoms with Crippen LogP contribution in [0.5, 0.6) is 0 Å². The third-order valence-corrected chi connectivity index (χ3v) is 3.63. The van der Waals surface area contributed by atoms with Crippen LogP contribution < -0.4 is 5.32 Å². The second-order valence-corrected chi connectivity index (χ2v) is 5.40. The van der Waals surface area contributed by atoms with Gasteiger partial charge in [0.25, 0.3) is 0 Å². The number of hydrogen-bond acceptors (Lipinski definition) is 2. The van der Waals surface area contributed by atoms with Gasteiger partial charge in [-0.1, -0.05) is 13.0 Å². The van der Waals surface area contributed by atoms with Crippen LogP contribution in [0.4, 0.5) is 14.9 Å². The van der Waals surface area contributed by atoms with Crippen molar-refractivity contribution in [2.45, 2.75) is 13.8 Å². The van der Waals surface area contributed by atoms with Crippen molar-refractivity contribution in [1.82, 2.24) is 4.90 Å². The van der Waals surface area contributed by atoms with Gasteiger partial charge in [0, 0.05) is 13.6 Å². The van der Waals surface area contributed by atoms with Crippen LogP contribution in [0, 0.1) is 18.7 Å². The summed E-state index contributed by atoms with van der Waals surface area (Å²) in [6.07, 6.45) is 0. The lowest BCUT2D eigenvalue weighted by Crippen LogP contribution is -2.36. The molecule has 2 N–H and O–H groups in total. The summed E-state index contributed by atoms with van der Waals surface area (Å²) in [5.41, 5.74) is 1.04. The number of hydrogen-bond donors (Lipinski definition) is 2. The van der Waals surface area contributed by atoms with E-state index >= 15 is 0 Å². The summed E-state index contributed by atoms with van der Waals surface area (Å²) in [4.78, 5) is 24.0. The Bertz CT molecular complexity index is 537. The molecule has 20 heavy (non-hydrogen) atoms. The molecule has 110 valence electrons. The molecule has 0 saturated heterocycles. The van der Waals surface area contributed by atoms with Gasteiger partial charge in [0.05, 0.1) is 16.1 Å². The first-order valence-electron chi connectivity index (χ1n) is 5.93. The molecule has 1 atom stereocenters. The average molecular weight is 347 g/mol. The fourth-order valence-corrected chi connectivity index (χ4v) is 2.12. The predicted octanol–water partition coefficient (Wildman–Crippen LogP) is 3.08. The van der Waals surface area contributed by atoms with Crippen molar-refractivity contribution in [3.8, 4) is 0 Å². The number of nitrogens with one attached hydrogen (secondary N) is 1. The van der Waals surface area contributed by atoms with Gasteiger partial charge in [-0.05, 0) is 34.5 Å². The van der Waals surface area contributed by atoms with Crippen molar-refractivity contribution in [2.75, 3.05) is 18.9 Å². The first-order chi connectivity index (χ1) is 9.23. The monoisotopic (exact) mass is 346 g/mol. The zero-order valence-corrected chi connectivity index (χ0v) is 13.0. The molecule has 0 aromatic heterocycles. The summed E-state index contributed by atoms with van der Waals surface area (Å²) < 4.78 is 13.6. The molecule has 1 unspecified atom stereocenters. The number of halogens is 2. The van der Waals surface area contributed by atoms with Crippen LogP contribution in [0.25, 0.3) is 0 Å². The summed E-state index contributed by atoms with van der Waals surface area (Å²) in [6, 6.07) is 2.36. The molecular formula is C13H16BrFN2O3. The number of carbonyl (C=O) groups is 2. The van der Waals surface area contributed by atoms with Gasteiger partial charge >= 0.3 is 12.0 Å². The standard InChI is InChI=1S/C13H16BrFN2O3/c1-7-4-5-9(15)10(14)11(7)16-13(20)17(3)6-8(2)12(18)19/h4-5,8H,6H2,1-3H3,(H,16,20)(H,18,19). The maximum Gasteiger partial charge on any atom is 0.321 e. The number of amides is 2. The number of nitrogens with zero attached hydrogens (tertiary/aromatic N) is 1. The summed E-state index contributed by atoms with van der Waals surface area (Å²) in [7, 11) is 1.48. The second kappa shape index (κ2) is 6.69. The van der Waals surface area contributed by atoms with Gasteiger partial charge in [0.1, 0.15) is 5.82 Å². The van der Waals surface area contributed by atoms with Gasteiger partial charge in [0.2, 0.25) is 0 Å². The Kier molecular flexibility index (Phi) is 5.50. The Balaban J connectivity index is 2.81. The minimum atomic E-state index is -0.979. The number of carboxylic acids is 1. The van der Waals surface area contributed by atoms with Crippen LogP contribution in [0.1, 0.15) is 12.5 Å². The highest BCUT2D eigenvalue weighted by Crippen LogP contribution is 2.29. The highest BCUT2D eigenvalue weighted by Gasteiger charge is 2.19. The van der Waals surface area contributed by atoms with Crippen molar-refractivity contribution in [3.63, 3.8) is 0 Å². The molecule has 5 nitrogen and oxygen atoms in total. The second-order valence-electron chi connectivity index (χ2n) is 4.60. The molecule has 0 bridgehead atoms. The summed E-state index contributed by atoms with van der Waals surface area (Å²) >= 11 is 3.08. The van der Waals surface area contributed by atoms with Crippen molar-refractivity contribution in [3.05, 3.63) is 28.0 Å². The molecule has 2 amide bonds. The number of carboxylic acid groups (broad SMARTS) is 1. The molecule has 0 spiro atoms. The van der Waals surface area contributed by atoms with E-state index in [0.717, 1.165) is 0 Å². The normalized spacial score (nSPS) is 11.8. The third kappa shape index (κ3) is 3.93. The van der Waals surface area contributed by atoms with Crippen molar-refractivity contribution in [1.29, 1.82) is 0 Å². The first kappa shape index (κ1) is 16.4. The number of benzene rings is 1. The van der Waals surface area contributed by atoms with E-state index in [1.807, 2.05) is 0 Å². The number of aryl methyl sites for hydroxylation is 1. The molecule has 0 fully saturated rings. The number of urea groups is 1. The van der Waals surface area contributed by atoms with Gasteiger partial charge in [-0.2, -0.15) is 0 Å². The van der Waals surface area contributed by atoms with Crippen molar-refractivity contribution in [2.24, 2.45) is 5.92 Å². The van der Waals surface area contributed by atoms with Crippen LogP contribution >= 0.6 is 15.9 Å². The van der Waals surface area contributed by atoms with Crippen LogP contribution in [0.2, 0.25) is 0 Å². The number of carbonyl (C=O) groups excluding carboxylic acids is 1. The molecule has 7 heteroatoms. The molecule has 1 aromatic carbocycles. The molecule has 1 rings (SSSR count). The number of rotatable bonds is 4. The van der Waals surface area contributed by atoms with Crippen LogP contribution in [-0.2, 0) is 4.79 Å². The first-order valence-corrected chi connectivity index (χ1v) is 6.72. The average Bonchev–Trinajstić information content (AvgIpc) is 2.38. The third-order valence-electron chi connectivity index (χ3n) is 2.85. The van der Waals surface area contributed by atoms with Gasteiger partial charge < -0.3 is 15.3 Å². The highest BCUT2D eigenvalue weighted by atomic mass is 79.9. The molecule has 0 radical (unpaired) electrons. The van der Waals surface area contributed by atoms with Gasteiger partial charge in [-0.3, -0.25) is 4.79 Å². The maximum absolute atomic E-state index is 13.4.